The molecule has 2 N–H and O–H groups in total. The number of aromatic nitrogens is 1. The summed E-state index contributed by atoms with van der Waals surface area (Å²) in [5.74, 6) is 2.70. The first kappa shape index (κ1) is 22.7. The van der Waals surface area contributed by atoms with Crippen LogP contribution in [0.1, 0.15) is 56.2 Å². The van der Waals surface area contributed by atoms with Gasteiger partial charge in [-0.15, -0.1) is 0 Å². The van der Waals surface area contributed by atoms with Gasteiger partial charge in [0, 0.05) is 24.8 Å². The molecule has 2 aromatic rings. The fourth-order valence-electron chi connectivity index (χ4n) is 2.64. The van der Waals surface area contributed by atoms with Crippen molar-refractivity contribution in [2.45, 2.75) is 53.6 Å². The van der Waals surface area contributed by atoms with Crippen LogP contribution in [0, 0.1) is 6.92 Å². The number of nitrogens with one attached hydrogen (secondary N) is 2. The van der Waals surface area contributed by atoms with Gasteiger partial charge in [-0.2, -0.15) is 0 Å². The molecule has 0 unspecified atom stereocenters. The Kier molecular flexibility index (Phi) is 9.50. The van der Waals surface area contributed by atoms with E-state index >= 15 is 0 Å². The molecule has 0 saturated heterocycles. The van der Waals surface area contributed by atoms with Crippen LogP contribution in [0.2, 0.25) is 0 Å². The molecule has 2 rings (SSSR count). The predicted octanol–water partition coefficient (Wildman–Crippen LogP) is 3.78. The van der Waals surface area contributed by atoms with Crippen LogP contribution in [0.3, 0.4) is 0 Å². The highest BCUT2D eigenvalue weighted by atomic mass is 16.5. The molecule has 0 bridgehead atoms. The number of benzene rings is 1. The molecule has 0 fully saturated rings. The van der Waals surface area contributed by atoms with Gasteiger partial charge in [-0.1, -0.05) is 31.1 Å². The van der Waals surface area contributed by atoms with Gasteiger partial charge >= 0.3 is 0 Å². The molecule has 0 atom stereocenters. The van der Waals surface area contributed by atoms with Crippen molar-refractivity contribution in [3.05, 3.63) is 46.8 Å². The molecule has 160 valence electrons. The van der Waals surface area contributed by atoms with Gasteiger partial charge in [0.15, 0.2) is 11.7 Å². The molecule has 0 saturated carbocycles. The second-order valence-corrected chi connectivity index (χ2v) is 7.08. The predicted molar refractivity (Wildman–Crippen MR) is 115 cm³/mol. The van der Waals surface area contributed by atoms with Crippen molar-refractivity contribution in [1.82, 2.24) is 15.8 Å². The van der Waals surface area contributed by atoms with Crippen LogP contribution in [-0.4, -0.2) is 37.5 Å². The van der Waals surface area contributed by atoms with Gasteiger partial charge < -0.3 is 24.6 Å². The molecule has 0 aliphatic rings. The first-order valence-corrected chi connectivity index (χ1v) is 10.3. The summed E-state index contributed by atoms with van der Waals surface area (Å²) in [6.45, 7) is 13.8. The van der Waals surface area contributed by atoms with Crippen LogP contribution < -0.4 is 15.4 Å². The van der Waals surface area contributed by atoms with E-state index in [1.165, 1.54) is 0 Å². The van der Waals surface area contributed by atoms with Crippen molar-refractivity contribution in [2.75, 3.05) is 26.4 Å². The van der Waals surface area contributed by atoms with Gasteiger partial charge in [0.25, 0.3) is 0 Å². The molecule has 7 nitrogen and oxygen atoms in total. The van der Waals surface area contributed by atoms with Gasteiger partial charge in [-0.05, 0) is 38.3 Å². The van der Waals surface area contributed by atoms with Crippen molar-refractivity contribution in [3.63, 3.8) is 0 Å². The second-order valence-electron chi connectivity index (χ2n) is 7.08. The SMILES string of the molecule is CCNC(=NCc1ccc(C)cc1OCCOCC)NCc1cc(C(C)C)no1. The third-order valence-corrected chi connectivity index (χ3v) is 4.26. The number of nitrogens with zero attached hydrogens (tertiary/aromatic N) is 2. The summed E-state index contributed by atoms with van der Waals surface area (Å²) < 4.78 is 16.7. The Bertz CT molecular complexity index is 771. The van der Waals surface area contributed by atoms with E-state index < -0.39 is 0 Å². The highest BCUT2D eigenvalue weighted by molar-refractivity contribution is 5.79. The van der Waals surface area contributed by atoms with Crippen LogP contribution in [0.4, 0.5) is 0 Å². The van der Waals surface area contributed by atoms with Gasteiger partial charge in [0.05, 0.1) is 25.4 Å². The summed E-state index contributed by atoms with van der Waals surface area (Å²) in [5.41, 5.74) is 3.14. The summed E-state index contributed by atoms with van der Waals surface area (Å²) in [5, 5.41) is 10.6. The monoisotopic (exact) mass is 402 g/mol. The molecular weight excluding hydrogens is 368 g/mol. The van der Waals surface area contributed by atoms with Crippen LogP contribution in [0.15, 0.2) is 33.8 Å². The third-order valence-electron chi connectivity index (χ3n) is 4.26. The average Bonchev–Trinajstić information content (AvgIpc) is 3.18. The van der Waals surface area contributed by atoms with Gasteiger partial charge in [-0.25, -0.2) is 4.99 Å². The zero-order valence-corrected chi connectivity index (χ0v) is 18.2. The van der Waals surface area contributed by atoms with Gasteiger partial charge in [0.1, 0.15) is 12.4 Å². The molecule has 1 aromatic carbocycles. The van der Waals surface area contributed by atoms with Crippen molar-refractivity contribution in [2.24, 2.45) is 4.99 Å². The summed E-state index contributed by atoms with van der Waals surface area (Å²) in [6, 6.07) is 8.15. The third kappa shape index (κ3) is 7.77. The molecule has 1 heterocycles. The molecule has 7 heteroatoms. The van der Waals surface area contributed by atoms with Crippen molar-refractivity contribution in [1.29, 1.82) is 0 Å². The molecule has 0 aliphatic heterocycles. The normalized spacial score (nSPS) is 11.7. The summed E-state index contributed by atoms with van der Waals surface area (Å²) in [4.78, 5) is 4.70. The Morgan fingerprint density at radius 3 is 2.69 bits per heavy atom. The number of hydrogen-bond acceptors (Lipinski definition) is 5. The fourth-order valence-corrected chi connectivity index (χ4v) is 2.64. The minimum Gasteiger partial charge on any atom is -0.491 e. The number of aliphatic imine (C=N–C) groups is 1. The van der Waals surface area contributed by atoms with Crippen LogP contribution in [0.5, 0.6) is 5.75 Å². The lowest BCUT2D eigenvalue weighted by molar-refractivity contribution is 0.110. The van der Waals surface area contributed by atoms with Gasteiger partial charge in [-0.3, -0.25) is 0 Å². The Hall–Kier alpha value is -2.54. The number of hydrogen-bond donors (Lipinski definition) is 2. The molecule has 0 spiro atoms. The maximum Gasteiger partial charge on any atom is 0.191 e. The zero-order valence-electron chi connectivity index (χ0n) is 18.2. The Labute approximate surface area is 173 Å². The average molecular weight is 403 g/mol. The van der Waals surface area contributed by atoms with E-state index in [4.69, 9.17) is 19.0 Å². The lowest BCUT2D eigenvalue weighted by atomic mass is 10.1. The summed E-state index contributed by atoms with van der Waals surface area (Å²) >= 11 is 0. The maximum absolute atomic E-state index is 5.91. The van der Waals surface area contributed by atoms with E-state index in [1.54, 1.807) is 0 Å². The van der Waals surface area contributed by atoms with E-state index in [9.17, 15) is 0 Å². The smallest absolute Gasteiger partial charge is 0.191 e. The van der Waals surface area contributed by atoms with E-state index in [0.717, 1.165) is 40.8 Å². The van der Waals surface area contributed by atoms with E-state index in [-0.39, 0.29) is 0 Å². The highest BCUT2D eigenvalue weighted by Gasteiger charge is 2.09. The molecular formula is C22H34N4O3. The maximum atomic E-state index is 5.91. The topological polar surface area (TPSA) is 80.9 Å². The van der Waals surface area contributed by atoms with Crippen LogP contribution >= 0.6 is 0 Å². The van der Waals surface area contributed by atoms with E-state index in [0.29, 0.717) is 38.8 Å². The summed E-state index contributed by atoms with van der Waals surface area (Å²) in [6.07, 6.45) is 0. The number of ether oxygens (including phenoxy) is 2. The first-order chi connectivity index (χ1) is 14.0. The molecule has 0 amide bonds. The highest BCUT2D eigenvalue weighted by Crippen LogP contribution is 2.21. The number of rotatable bonds is 11. The van der Waals surface area contributed by atoms with Crippen LogP contribution in [-0.2, 0) is 17.8 Å². The molecule has 1 aromatic heterocycles. The Balaban J connectivity index is 2.00. The van der Waals surface area contributed by atoms with Crippen molar-refractivity contribution >= 4 is 5.96 Å². The standard InChI is InChI=1S/C22H34N4O3/c1-6-23-22(25-15-19-13-20(16(3)4)26-29-19)24-14-18-9-8-17(5)12-21(18)28-11-10-27-7-2/h8-9,12-13,16H,6-7,10-11,14-15H2,1-5H3,(H2,23,24,25). The lowest BCUT2D eigenvalue weighted by Crippen LogP contribution is -2.36. The second kappa shape index (κ2) is 12.1. The van der Waals surface area contributed by atoms with Crippen molar-refractivity contribution < 1.29 is 14.0 Å². The number of guanidine groups is 1. The van der Waals surface area contributed by atoms with Crippen molar-refractivity contribution in [3.8, 4) is 5.75 Å². The summed E-state index contributed by atoms with van der Waals surface area (Å²) in [7, 11) is 0. The zero-order chi connectivity index (χ0) is 21.1. The lowest BCUT2D eigenvalue weighted by Gasteiger charge is -2.13. The number of aryl methyl sites for hydroxylation is 1. The quantitative estimate of drug-likeness (QED) is 0.338. The minimum absolute atomic E-state index is 0.345. The minimum atomic E-state index is 0.345. The van der Waals surface area contributed by atoms with E-state index in [2.05, 4.69) is 48.7 Å². The Morgan fingerprint density at radius 1 is 1.17 bits per heavy atom. The molecule has 29 heavy (non-hydrogen) atoms. The van der Waals surface area contributed by atoms with E-state index in [1.807, 2.05) is 26.0 Å². The first-order valence-electron chi connectivity index (χ1n) is 10.3. The molecule has 0 radical (unpaired) electrons. The van der Waals surface area contributed by atoms with Crippen LogP contribution in [0.25, 0.3) is 0 Å². The Morgan fingerprint density at radius 2 is 2.00 bits per heavy atom. The van der Waals surface area contributed by atoms with Gasteiger partial charge in [0.2, 0.25) is 0 Å². The molecule has 0 aliphatic carbocycles. The largest absolute Gasteiger partial charge is 0.491 e. The fraction of sp³-hybridized carbons (Fsp3) is 0.545.